The predicted molar refractivity (Wildman–Crippen MR) is 137 cm³/mol. The Morgan fingerprint density at radius 2 is 1.63 bits per heavy atom. The van der Waals surface area contributed by atoms with Crippen LogP contribution < -0.4 is 15.4 Å². The molecule has 0 spiro atoms. The first-order valence-corrected chi connectivity index (χ1v) is 11.2. The van der Waals surface area contributed by atoms with Gasteiger partial charge in [-0.25, -0.2) is 0 Å². The van der Waals surface area contributed by atoms with Gasteiger partial charge in [0, 0.05) is 29.3 Å². The highest BCUT2D eigenvalue weighted by atomic mass is 16.5. The van der Waals surface area contributed by atoms with Gasteiger partial charge in [0.15, 0.2) is 0 Å². The number of nitrogens with zero attached hydrogens (tertiary/aromatic N) is 2. The summed E-state index contributed by atoms with van der Waals surface area (Å²) in [6.45, 7) is 0.00432. The number of para-hydroxylation sites is 2. The molecule has 0 radical (unpaired) electrons. The van der Waals surface area contributed by atoms with E-state index in [0.29, 0.717) is 17.0 Å². The summed E-state index contributed by atoms with van der Waals surface area (Å²) in [6.07, 6.45) is 0. The molecule has 0 aromatic heterocycles. The first-order chi connectivity index (χ1) is 17.0. The molecule has 35 heavy (non-hydrogen) atoms. The van der Waals surface area contributed by atoms with Gasteiger partial charge in [-0.2, -0.15) is 0 Å². The van der Waals surface area contributed by atoms with E-state index in [4.69, 9.17) is 10.5 Å². The van der Waals surface area contributed by atoms with Crippen molar-refractivity contribution in [2.45, 2.75) is 0 Å². The van der Waals surface area contributed by atoms with E-state index in [0.717, 1.165) is 33.7 Å². The lowest BCUT2D eigenvalue weighted by Crippen LogP contribution is -2.27. The Balaban J connectivity index is 1.64. The number of ether oxygens (including phenoxy) is 1. The molecule has 1 aliphatic rings. The summed E-state index contributed by atoms with van der Waals surface area (Å²) in [5.41, 5.74) is 10.6. The van der Waals surface area contributed by atoms with Crippen LogP contribution in [-0.2, 0) is 4.79 Å². The number of benzene rings is 4. The van der Waals surface area contributed by atoms with Crippen LogP contribution in [0.1, 0.15) is 21.5 Å². The molecule has 0 fully saturated rings. The summed E-state index contributed by atoms with van der Waals surface area (Å²) in [5, 5.41) is 0. The number of carbonyl (C=O) groups excluding carboxylic acids is 2. The monoisotopic (exact) mass is 461 g/mol. The largest absolute Gasteiger partial charge is 0.457 e. The van der Waals surface area contributed by atoms with Gasteiger partial charge < -0.3 is 15.4 Å². The summed E-state index contributed by atoms with van der Waals surface area (Å²) in [5.74, 6) is 0.819. The average molecular weight is 462 g/mol. The molecular formula is C29H23N3O3. The number of rotatable bonds is 5. The molecular weight excluding hydrogens is 438 g/mol. The number of hydrogen-bond donors (Lipinski definition) is 1. The Morgan fingerprint density at radius 3 is 2.43 bits per heavy atom. The van der Waals surface area contributed by atoms with Gasteiger partial charge in [-0.05, 0) is 48.0 Å². The summed E-state index contributed by atoms with van der Waals surface area (Å²) < 4.78 is 6.18. The van der Waals surface area contributed by atoms with E-state index in [-0.39, 0.29) is 12.5 Å². The van der Waals surface area contributed by atoms with Gasteiger partial charge in [0.2, 0.25) is 11.8 Å². The maximum Gasteiger partial charge on any atom is 0.248 e. The first kappa shape index (κ1) is 22.1. The Morgan fingerprint density at radius 1 is 0.857 bits per heavy atom. The Kier molecular flexibility index (Phi) is 5.85. The van der Waals surface area contributed by atoms with Crippen LogP contribution in [0, 0.1) is 0 Å². The highest BCUT2D eigenvalue weighted by Gasteiger charge is 2.24. The van der Waals surface area contributed by atoms with Crippen molar-refractivity contribution in [1.29, 1.82) is 0 Å². The van der Waals surface area contributed by atoms with E-state index in [2.05, 4.69) is 4.99 Å². The molecule has 0 atom stereocenters. The molecule has 172 valence electrons. The third kappa shape index (κ3) is 4.42. The van der Waals surface area contributed by atoms with Crippen LogP contribution in [0.5, 0.6) is 11.5 Å². The zero-order valence-electron chi connectivity index (χ0n) is 19.1. The second-order valence-electron chi connectivity index (χ2n) is 8.21. The second-order valence-corrected chi connectivity index (χ2v) is 8.21. The minimum Gasteiger partial charge on any atom is -0.457 e. The van der Waals surface area contributed by atoms with Gasteiger partial charge in [0.1, 0.15) is 18.0 Å². The molecule has 1 heterocycles. The van der Waals surface area contributed by atoms with E-state index >= 15 is 0 Å². The van der Waals surface area contributed by atoms with Gasteiger partial charge in [-0.15, -0.1) is 0 Å². The second kappa shape index (κ2) is 9.27. The van der Waals surface area contributed by atoms with Crippen molar-refractivity contribution in [1.82, 2.24) is 0 Å². The van der Waals surface area contributed by atoms with E-state index in [1.807, 2.05) is 78.9 Å². The summed E-state index contributed by atoms with van der Waals surface area (Å²) >= 11 is 0. The number of fused-ring (bicyclic) bond motifs is 1. The highest BCUT2D eigenvalue weighted by Crippen LogP contribution is 2.37. The highest BCUT2D eigenvalue weighted by molar-refractivity contribution is 6.20. The zero-order valence-corrected chi connectivity index (χ0v) is 19.1. The molecule has 6 heteroatoms. The van der Waals surface area contributed by atoms with E-state index < -0.39 is 5.91 Å². The van der Waals surface area contributed by atoms with Crippen molar-refractivity contribution >= 4 is 23.2 Å². The van der Waals surface area contributed by atoms with Crippen LogP contribution in [0.4, 0.5) is 5.69 Å². The average Bonchev–Trinajstić information content (AvgIpc) is 3.01. The maximum absolute atomic E-state index is 12.7. The molecule has 0 unspecified atom stereocenters. The van der Waals surface area contributed by atoms with Crippen LogP contribution in [-0.4, -0.2) is 31.1 Å². The number of likely N-dealkylation sites (N-methyl/N-ethyl adjacent to an activating group) is 1. The quantitative estimate of drug-likeness (QED) is 0.451. The minimum absolute atomic E-state index is 0.00432. The fourth-order valence-corrected chi connectivity index (χ4v) is 4.13. The number of carbonyl (C=O) groups is 2. The molecule has 0 saturated heterocycles. The van der Waals surface area contributed by atoms with Gasteiger partial charge in [0.05, 0.1) is 11.4 Å². The standard InChI is InChI=1S/C29H23N3O3/c1-32-25-15-14-19(23-12-5-6-13-26(23)35-22-10-3-2-4-11-22)17-24(25)28(31-18-27(32)33)20-8-7-9-21(16-20)29(30)34/h2-17H,18H2,1H3,(H2,30,34). The summed E-state index contributed by atoms with van der Waals surface area (Å²) in [4.78, 5) is 30.7. The number of amides is 2. The molecule has 5 rings (SSSR count). The van der Waals surface area contributed by atoms with Crippen molar-refractivity contribution in [2.75, 3.05) is 18.5 Å². The minimum atomic E-state index is -0.518. The molecule has 0 aliphatic carbocycles. The number of nitrogens with two attached hydrogens (primary N) is 1. The van der Waals surface area contributed by atoms with Gasteiger partial charge in [0.25, 0.3) is 0 Å². The Labute approximate surface area is 203 Å². The van der Waals surface area contributed by atoms with Crippen molar-refractivity contribution < 1.29 is 14.3 Å². The molecule has 4 aromatic carbocycles. The van der Waals surface area contributed by atoms with Gasteiger partial charge in [-0.3, -0.25) is 14.6 Å². The van der Waals surface area contributed by atoms with Gasteiger partial charge in [-0.1, -0.05) is 54.6 Å². The topological polar surface area (TPSA) is 85.0 Å². The fourth-order valence-electron chi connectivity index (χ4n) is 4.13. The van der Waals surface area contributed by atoms with Crippen LogP contribution in [0.2, 0.25) is 0 Å². The molecule has 0 saturated carbocycles. The van der Waals surface area contributed by atoms with Crippen molar-refractivity contribution in [3.05, 3.63) is 114 Å². The molecule has 2 amide bonds. The third-order valence-electron chi connectivity index (χ3n) is 5.95. The number of hydrogen-bond acceptors (Lipinski definition) is 4. The van der Waals surface area contributed by atoms with E-state index in [1.165, 1.54) is 0 Å². The van der Waals surface area contributed by atoms with Gasteiger partial charge >= 0.3 is 0 Å². The Bertz CT molecular complexity index is 1460. The number of anilines is 1. The molecule has 1 aliphatic heterocycles. The summed E-state index contributed by atoms with van der Waals surface area (Å²) in [7, 11) is 1.74. The number of aliphatic imine (C=N–C) groups is 1. The lowest BCUT2D eigenvalue weighted by molar-refractivity contribution is -0.116. The lowest BCUT2D eigenvalue weighted by Gasteiger charge is -2.20. The normalized spacial score (nSPS) is 13.0. The van der Waals surface area contributed by atoms with Crippen LogP contribution in [0.15, 0.2) is 102 Å². The SMILES string of the molecule is CN1C(=O)CN=C(c2cccc(C(N)=O)c2)c2cc(-c3ccccc3Oc3ccccc3)ccc21. The fraction of sp³-hybridized carbons (Fsp3) is 0.0690. The Hall–Kier alpha value is -4.71. The van der Waals surface area contributed by atoms with Crippen molar-refractivity contribution in [3.63, 3.8) is 0 Å². The van der Waals surface area contributed by atoms with Crippen molar-refractivity contribution in [3.8, 4) is 22.6 Å². The van der Waals surface area contributed by atoms with Crippen LogP contribution >= 0.6 is 0 Å². The molecule has 2 N–H and O–H groups in total. The van der Waals surface area contributed by atoms with Crippen LogP contribution in [0.25, 0.3) is 11.1 Å². The van der Waals surface area contributed by atoms with E-state index in [1.54, 1.807) is 30.1 Å². The summed E-state index contributed by atoms with van der Waals surface area (Å²) in [6, 6.07) is 30.3. The molecule has 6 nitrogen and oxygen atoms in total. The predicted octanol–water partition coefficient (Wildman–Crippen LogP) is 5.06. The molecule has 4 aromatic rings. The molecule has 0 bridgehead atoms. The van der Waals surface area contributed by atoms with Crippen molar-refractivity contribution in [2.24, 2.45) is 10.7 Å². The lowest BCUT2D eigenvalue weighted by atomic mass is 9.94. The third-order valence-corrected chi connectivity index (χ3v) is 5.95. The smallest absolute Gasteiger partial charge is 0.248 e. The van der Waals surface area contributed by atoms with E-state index in [9.17, 15) is 9.59 Å². The first-order valence-electron chi connectivity index (χ1n) is 11.2. The number of benzodiazepines with no additional fused rings is 1. The zero-order chi connectivity index (χ0) is 24.4. The maximum atomic E-state index is 12.7. The van der Waals surface area contributed by atoms with Crippen LogP contribution in [0.3, 0.4) is 0 Å². The number of primary amides is 1.